The molecule has 28 heavy (non-hydrogen) atoms. The van der Waals surface area contributed by atoms with E-state index in [0.717, 1.165) is 0 Å². The summed E-state index contributed by atoms with van der Waals surface area (Å²) in [6.07, 6.45) is -0.00568. The number of hydrogen-bond donors (Lipinski definition) is 3. The zero-order valence-electron chi connectivity index (χ0n) is 15.2. The lowest BCUT2D eigenvalue weighted by Crippen LogP contribution is -2.27. The van der Waals surface area contributed by atoms with Crippen LogP contribution >= 0.6 is 0 Å². The molecule has 2 aromatic carbocycles. The first-order chi connectivity index (χ1) is 13.4. The number of aromatic amines is 1. The summed E-state index contributed by atoms with van der Waals surface area (Å²) in [5, 5.41) is 10.3. The normalized spacial score (nSPS) is 11.5. The quantitative estimate of drug-likeness (QED) is 0.542. The van der Waals surface area contributed by atoms with Crippen molar-refractivity contribution in [3.05, 3.63) is 75.7 Å². The van der Waals surface area contributed by atoms with Crippen molar-refractivity contribution >= 4 is 26.7 Å². The number of amides is 1. The van der Waals surface area contributed by atoms with E-state index in [1.807, 2.05) is 0 Å². The number of carbonyl (C=O) groups is 1. The maximum Gasteiger partial charge on any atom is 0.272 e. The number of aromatic nitrogens is 2. The number of sulfonamides is 1. The maximum atomic E-state index is 12.4. The average molecular weight is 400 g/mol. The molecule has 8 nitrogen and oxygen atoms in total. The summed E-state index contributed by atoms with van der Waals surface area (Å²) in [7, 11) is -2.05. The number of nitrogens with zero attached hydrogens (tertiary/aromatic N) is 1. The lowest BCUT2D eigenvalue weighted by Gasteiger charge is -2.11. The predicted octanol–water partition coefficient (Wildman–Crippen LogP) is 0.831. The Hall–Kier alpha value is -3.04. The van der Waals surface area contributed by atoms with Crippen molar-refractivity contribution in [2.45, 2.75) is 18.7 Å². The third kappa shape index (κ3) is 4.62. The summed E-state index contributed by atoms with van der Waals surface area (Å²) in [4.78, 5) is 24.2. The number of rotatable bonds is 7. The van der Waals surface area contributed by atoms with E-state index >= 15 is 0 Å². The molecular formula is C19H20N4O4S. The standard InChI is InChI=1S/C19H20N4O4S/c1-20-28(26,27)12-14-7-3-2-6-13(14)11-21-18(24)10-17-15-8-4-5-9-16(15)19(25)23-22-17/h2-9,20H,10-12H2,1H3,(H,21,24)(H,23,25). The molecule has 0 aliphatic heterocycles. The van der Waals surface area contributed by atoms with Gasteiger partial charge >= 0.3 is 0 Å². The molecule has 0 saturated heterocycles. The molecule has 0 radical (unpaired) electrons. The van der Waals surface area contributed by atoms with Gasteiger partial charge < -0.3 is 5.32 Å². The van der Waals surface area contributed by atoms with Gasteiger partial charge in [-0.05, 0) is 24.2 Å². The van der Waals surface area contributed by atoms with Gasteiger partial charge in [0.25, 0.3) is 5.56 Å². The van der Waals surface area contributed by atoms with Gasteiger partial charge in [-0.15, -0.1) is 0 Å². The van der Waals surface area contributed by atoms with Crippen LogP contribution in [0.15, 0.2) is 53.3 Å². The molecule has 1 amide bonds. The Kier molecular flexibility index (Phi) is 5.86. The number of hydrogen-bond acceptors (Lipinski definition) is 5. The summed E-state index contributed by atoms with van der Waals surface area (Å²) in [6.45, 7) is 0.190. The monoisotopic (exact) mass is 400 g/mol. The topological polar surface area (TPSA) is 121 Å². The summed E-state index contributed by atoms with van der Waals surface area (Å²) in [5.41, 5.74) is 1.50. The Bertz CT molecular complexity index is 1170. The van der Waals surface area contributed by atoms with Crippen LogP contribution < -0.4 is 15.6 Å². The van der Waals surface area contributed by atoms with E-state index in [2.05, 4.69) is 20.2 Å². The molecular weight excluding hydrogens is 380 g/mol. The minimum absolute atomic E-state index is 0.00568. The lowest BCUT2D eigenvalue weighted by atomic mass is 10.1. The fourth-order valence-corrected chi connectivity index (χ4v) is 3.70. The highest BCUT2D eigenvalue weighted by Crippen LogP contribution is 2.14. The van der Waals surface area contributed by atoms with Gasteiger partial charge in [0.05, 0.1) is 23.3 Å². The van der Waals surface area contributed by atoms with Crippen LogP contribution in [0.25, 0.3) is 10.8 Å². The molecule has 0 fully saturated rings. The Balaban J connectivity index is 1.73. The van der Waals surface area contributed by atoms with Crippen LogP contribution in [0.2, 0.25) is 0 Å². The van der Waals surface area contributed by atoms with Gasteiger partial charge in [0, 0.05) is 11.9 Å². The van der Waals surface area contributed by atoms with Crippen LogP contribution in [0.5, 0.6) is 0 Å². The fraction of sp³-hybridized carbons (Fsp3) is 0.211. The van der Waals surface area contributed by atoms with Gasteiger partial charge in [-0.3, -0.25) is 9.59 Å². The van der Waals surface area contributed by atoms with E-state index in [1.165, 1.54) is 7.05 Å². The molecule has 0 bridgehead atoms. The SMILES string of the molecule is CNS(=O)(=O)Cc1ccccc1CNC(=O)Cc1n[nH]c(=O)c2ccccc12. The van der Waals surface area contributed by atoms with E-state index < -0.39 is 10.0 Å². The molecule has 0 unspecified atom stereocenters. The largest absolute Gasteiger partial charge is 0.352 e. The minimum Gasteiger partial charge on any atom is -0.352 e. The zero-order valence-corrected chi connectivity index (χ0v) is 16.0. The summed E-state index contributed by atoms with van der Waals surface area (Å²) < 4.78 is 25.9. The van der Waals surface area contributed by atoms with E-state index in [4.69, 9.17) is 0 Å². The third-order valence-electron chi connectivity index (χ3n) is 4.35. The molecule has 0 saturated carbocycles. The van der Waals surface area contributed by atoms with Crippen LogP contribution in [-0.4, -0.2) is 31.6 Å². The van der Waals surface area contributed by atoms with Crippen LogP contribution in [0.4, 0.5) is 0 Å². The Labute approximate surface area is 162 Å². The number of nitrogens with one attached hydrogen (secondary N) is 3. The second kappa shape index (κ2) is 8.32. The van der Waals surface area contributed by atoms with Crippen LogP contribution in [-0.2, 0) is 33.5 Å². The Morgan fingerprint density at radius 1 is 1.04 bits per heavy atom. The minimum atomic E-state index is -3.42. The van der Waals surface area contributed by atoms with Gasteiger partial charge in [0.1, 0.15) is 0 Å². The van der Waals surface area contributed by atoms with Crippen molar-refractivity contribution in [1.82, 2.24) is 20.2 Å². The molecule has 0 aliphatic rings. The molecule has 0 aliphatic carbocycles. The van der Waals surface area contributed by atoms with Crippen LogP contribution in [0, 0.1) is 0 Å². The van der Waals surface area contributed by atoms with Crippen molar-refractivity contribution in [2.75, 3.05) is 7.05 Å². The number of fused-ring (bicyclic) bond motifs is 1. The Morgan fingerprint density at radius 3 is 2.39 bits per heavy atom. The van der Waals surface area contributed by atoms with Gasteiger partial charge in [0.2, 0.25) is 15.9 Å². The Morgan fingerprint density at radius 2 is 1.68 bits per heavy atom. The first-order valence-corrected chi connectivity index (χ1v) is 10.3. The second-order valence-electron chi connectivity index (χ2n) is 6.23. The molecule has 3 N–H and O–H groups in total. The summed E-state index contributed by atoms with van der Waals surface area (Å²) >= 11 is 0. The zero-order chi connectivity index (χ0) is 20.1. The maximum absolute atomic E-state index is 12.4. The first kappa shape index (κ1) is 19.7. The molecule has 9 heteroatoms. The molecule has 1 heterocycles. The molecule has 3 aromatic rings. The summed E-state index contributed by atoms with van der Waals surface area (Å²) in [5.74, 6) is -0.447. The first-order valence-electron chi connectivity index (χ1n) is 8.60. The molecule has 0 spiro atoms. The molecule has 1 aromatic heterocycles. The van der Waals surface area contributed by atoms with Crippen molar-refractivity contribution in [3.63, 3.8) is 0 Å². The van der Waals surface area contributed by atoms with Gasteiger partial charge in [-0.2, -0.15) is 5.10 Å². The lowest BCUT2D eigenvalue weighted by molar-refractivity contribution is -0.120. The smallest absolute Gasteiger partial charge is 0.272 e. The van der Waals surface area contributed by atoms with Crippen molar-refractivity contribution < 1.29 is 13.2 Å². The van der Waals surface area contributed by atoms with Crippen LogP contribution in [0.3, 0.4) is 0 Å². The van der Waals surface area contributed by atoms with Crippen LogP contribution in [0.1, 0.15) is 16.8 Å². The fourth-order valence-electron chi connectivity index (χ4n) is 2.86. The van der Waals surface area contributed by atoms with Crippen molar-refractivity contribution in [1.29, 1.82) is 0 Å². The van der Waals surface area contributed by atoms with E-state index in [9.17, 15) is 18.0 Å². The van der Waals surface area contributed by atoms with E-state index in [1.54, 1.807) is 48.5 Å². The number of H-pyrrole nitrogens is 1. The highest BCUT2D eigenvalue weighted by atomic mass is 32.2. The highest BCUT2D eigenvalue weighted by Gasteiger charge is 2.14. The van der Waals surface area contributed by atoms with Gasteiger partial charge in [0.15, 0.2) is 0 Å². The molecule has 0 atom stereocenters. The predicted molar refractivity (Wildman–Crippen MR) is 106 cm³/mol. The number of benzene rings is 2. The molecule has 146 valence electrons. The van der Waals surface area contributed by atoms with Gasteiger partial charge in [-0.25, -0.2) is 18.2 Å². The van der Waals surface area contributed by atoms with E-state index in [-0.39, 0.29) is 30.2 Å². The molecule has 3 rings (SSSR count). The second-order valence-corrected chi connectivity index (χ2v) is 8.16. The number of carbonyl (C=O) groups excluding carboxylic acids is 1. The van der Waals surface area contributed by atoms with Gasteiger partial charge in [-0.1, -0.05) is 42.5 Å². The van der Waals surface area contributed by atoms with E-state index in [0.29, 0.717) is 27.6 Å². The average Bonchev–Trinajstić information content (AvgIpc) is 2.69. The van der Waals surface area contributed by atoms with Crippen molar-refractivity contribution in [3.8, 4) is 0 Å². The third-order valence-corrected chi connectivity index (χ3v) is 5.67. The highest BCUT2D eigenvalue weighted by molar-refractivity contribution is 7.88. The van der Waals surface area contributed by atoms with Crippen molar-refractivity contribution in [2.24, 2.45) is 0 Å². The summed E-state index contributed by atoms with van der Waals surface area (Å²) in [6, 6.07) is 14.0.